The molecule has 1 aromatic heterocycles. The van der Waals surface area contributed by atoms with E-state index < -0.39 is 0 Å². The second kappa shape index (κ2) is 7.18. The molecule has 0 bridgehead atoms. The van der Waals surface area contributed by atoms with Crippen molar-refractivity contribution in [3.63, 3.8) is 0 Å². The molecular formula is C21H19FN2O. The zero-order chi connectivity index (χ0) is 17.8. The van der Waals surface area contributed by atoms with Gasteiger partial charge in [0.2, 0.25) is 0 Å². The normalized spacial score (nSPS) is 10.5. The van der Waals surface area contributed by atoms with Crippen LogP contribution in [0.4, 0.5) is 10.2 Å². The van der Waals surface area contributed by atoms with E-state index in [1.165, 1.54) is 6.07 Å². The Morgan fingerprint density at radius 1 is 1.16 bits per heavy atom. The van der Waals surface area contributed by atoms with Crippen LogP contribution in [0.25, 0.3) is 17.2 Å². The predicted octanol–water partition coefficient (Wildman–Crippen LogP) is 5.00. The number of benzene rings is 2. The Morgan fingerprint density at radius 3 is 2.60 bits per heavy atom. The molecule has 0 aliphatic heterocycles. The summed E-state index contributed by atoms with van der Waals surface area (Å²) in [6.07, 6.45) is 3.48. The number of nitrogens with zero attached hydrogens (tertiary/aromatic N) is 1. The molecule has 0 aliphatic carbocycles. The first-order valence-corrected chi connectivity index (χ1v) is 7.93. The van der Waals surface area contributed by atoms with Gasteiger partial charge in [0.15, 0.2) is 11.6 Å². The van der Waals surface area contributed by atoms with E-state index in [1.54, 1.807) is 18.3 Å². The SMILES string of the molecule is C=Cc1ccc(-c2cnc(N)c(OCc3c(C)cccc3F)c2)cc1. The third-order valence-corrected chi connectivity index (χ3v) is 4.09. The smallest absolute Gasteiger partial charge is 0.166 e. The number of nitrogen functional groups attached to an aromatic ring is 1. The van der Waals surface area contributed by atoms with Gasteiger partial charge in [0.1, 0.15) is 12.4 Å². The van der Waals surface area contributed by atoms with Gasteiger partial charge >= 0.3 is 0 Å². The number of ether oxygens (including phenoxy) is 1. The summed E-state index contributed by atoms with van der Waals surface area (Å²) < 4.78 is 19.7. The van der Waals surface area contributed by atoms with Gasteiger partial charge in [0.05, 0.1) is 0 Å². The Bertz CT molecular complexity index is 884. The van der Waals surface area contributed by atoms with Gasteiger partial charge < -0.3 is 10.5 Å². The number of halogens is 1. The molecule has 0 amide bonds. The molecule has 0 saturated heterocycles. The highest BCUT2D eigenvalue weighted by Gasteiger charge is 2.10. The molecule has 0 atom stereocenters. The average Bonchev–Trinajstić information content (AvgIpc) is 2.63. The highest BCUT2D eigenvalue weighted by molar-refractivity contribution is 5.68. The molecule has 1 heterocycles. The van der Waals surface area contributed by atoms with Gasteiger partial charge in [-0.05, 0) is 35.7 Å². The number of anilines is 1. The Labute approximate surface area is 146 Å². The maximum Gasteiger partial charge on any atom is 0.166 e. The standard InChI is InChI=1S/C21H19FN2O/c1-3-15-7-9-16(10-8-15)17-11-20(21(23)24-12-17)25-13-18-14(2)5-4-6-19(18)22/h3-12H,1,13H2,2H3,(H2,23,24). The Balaban J connectivity index is 1.85. The number of nitrogens with two attached hydrogens (primary N) is 1. The van der Waals surface area contributed by atoms with Crippen LogP contribution in [0, 0.1) is 12.7 Å². The van der Waals surface area contributed by atoms with Gasteiger partial charge in [-0.2, -0.15) is 0 Å². The quantitative estimate of drug-likeness (QED) is 0.714. The van der Waals surface area contributed by atoms with Crippen LogP contribution >= 0.6 is 0 Å². The Hall–Kier alpha value is -3.14. The monoisotopic (exact) mass is 334 g/mol. The summed E-state index contributed by atoms with van der Waals surface area (Å²) >= 11 is 0. The van der Waals surface area contributed by atoms with Gasteiger partial charge in [0, 0.05) is 17.3 Å². The highest BCUT2D eigenvalue weighted by Crippen LogP contribution is 2.28. The van der Waals surface area contributed by atoms with Gasteiger partial charge in [-0.3, -0.25) is 0 Å². The maximum absolute atomic E-state index is 13.9. The lowest BCUT2D eigenvalue weighted by molar-refractivity contribution is 0.300. The van der Waals surface area contributed by atoms with Crippen molar-refractivity contribution in [1.29, 1.82) is 0 Å². The van der Waals surface area contributed by atoms with Crippen molar-refractivity contribution in [3.8, 4) is 16.9 Å². The van der Waals surface area contributed by atoms with Crippen molar-refractivity contribution < 1.29 is 9.13 Å². The van der Waals surface area contributed by atoms with Crippen LogP contribution in [0.1, 0.15) is 16.7 Å². The molecule has 126 valence electrons. The maximum atomic E-state index is 13.9. The van der Waals surface area contributed by atoms with Crippen molar-refractivity contribution in [2.24, 2.45) is 0 Å². The van der Waals surface area contributed by atoms with Gasteiger partial charge in [-0.25, -0.2) is 9.37 Å². The number of rotatable bonds is 5. The fourth-order valence-electron chi connectivity index (χ4n) is 2.54. The van der Waals surface area contributed by atoms with E-state index in [1.807, 2.05) is 43.3 Å². The van der Waals surface area contributed by atoms with E-state index in [0.717, 1.165) is 22.3 Å². The molecule has 0 radical (unpaired) electrons. The van der Waals surface area contributed by atoms with E-state index in [0.29, 0.717) is 11.3 Å². The van der Waals surface area contributed by atoms with E-state index in [4.69, 9.17) is 10.5 Å². The number of hydrogen-bond acceptors (Lipinski definition) is 3. The van der Waals surface area contributed by atoms with Crippen LogP contribution in [-0.2, 0) is 6.61 Å². The minimum atomic E-state index is -0.289. The van der Waals surface area contributed by atoms with Crippen molar-refractivity contribution in [3.05, 3.63) is 83.8 Å². The van der Waals surface area contributed by atoms with Crippen molar-refractivity contribution in [1.82, 2.24) is 4.98 Å². The summed E-state index contributed by atoms with van der Waals surface area (Å²) in [5.41, 5.74) is 10.2. The van der Waals surface area contributed by atoms with Crippen LogP contribution in [-0.4, -0.2) is 4.98 Å². The fourth-order valence-corrected chi connectivity index (χ4v) is 2.54. The minimum Gasteiger partial charge on any atom is -0.485 e. The van der Waals surface area contributed by atoms with Gasteiger partial charge in [-0.15, -0.1) is 0 Å². The summed E-state index contributed by atoms with van der Waals surface area (Å²) in [5.74, 6) is 0.427. The number of aromatic nitrogens is 1. The van der Waals surface area contributed by atoms with Crippen molar-refractivity contribution >= 4 is 11.9 Å². The molecule has 3 aromatic rings. The Morgan fingerprint density at radius 2 is 1.92 bits per heavy atom. The minimum absolute atomic E-state index is 0.100. The summed E-state index contributed by atoms with van der Waals surface area (Å²) in [6, 6.07) is 14.7. The molecule has 3 nitrogen and oxygen atoms in total. The van der Waals surface area contributed by atoms with Crippen molar-refractivity contribution in [2.45, 2.75) is 13.5 Å². The fraction of sp³-hybridized carbons (Fsp3) is 0.0952. The predicted molar refractivity (Wildman–Crippen MR) is 99.6 cm³/mol. The van der Waals surface area contributed by atoms with E-state index in [9.17, 15) is 4.39 Å². The first kappa shape index (κ1) is 16.7. The lowest BCUT2D eigenvalue weighted by Crippen LogP contribution is -2.04. The van der Waals surface area contributed by atoms with Gasteiger partial charge in [0.25, 0.3) is 0 Å². The number of pyridine rings is 1. The molecule has 4 heteroatoms. The third kappa shape index (κ3) is 3.69. The zero-order valence-electron chi connectivity index (χ0n) is 14.0. The highest BCUT2D eigenvalue weighted by atomic mass is 19.1. The number of hydrogen-bond donors (Lipinski definition) is 1. The third-order valence-electron chi connectivity index (χ3n) is 4.09. The molecule has 25 heavy (non-hydrogen) atoms. The average molecular weight is 334 g/mol. The Kier molecular flexibility index (Phi) is 4.80. The lowest BCUT2D eigenvalue weighted by atomic mass is 10.1. The first-order chi connectivity index (χ1) is 12.1. The molecular weight excluding hydrogens is 315 g/mol. The summed E-state index contributed by atoms with van der Waals surface area (Å²) in [6.45, 7) is 5.70. The molecule has 0 unspecified atom stereocenters. The zero-order valence-corrected chi connectivity index (χ0v) is 14.0. The first-order valence-electron chi connectivity index (χ1n) is 7.93. The molecule has 2 N–H and O–H groups in total. The molecule has 2 aromatic carbocycles. The molecule has 3 rings (SSSR count). The van der Waals surface area contributed by atoms with Crippen molar-refractivity contribution in [2.75, 3.05) is 5.73 Å². The van der Waals surface area contributed by atoms with E-state index in [2.05, 4.69) is 11.6 Å². The number of aryl methyl sites for hydroxylation is 1. The topological polar surface area (TPSA) is 48.1 Å². The molecule has 0 saturated carbocycles. The lowest BCUT2D eigenvalue weighted by Gasteiger charge is -2.12. The second-order valence-electron chi connectivity index (χ2n) is 5.76. The largest absolute Gasteiger partial charge is 0.485 e. The summed E-state index contributed by atoms with van der Waals surface area (Å²) in [5, 5.41) is 0. The van der Waals surface area contributed by atoms with Crippen LogP contribution in [0.3, 0.4) is 0 Å². The van der Waals surface area contributed by atoms with Crippen LogP contribution in [0.2, 0.25) is 0 Å². The van der Waals surface area contributed by atoms with E-state index >= 15 is 0 Å². The van der Waals surface area contributed by atoms with E-state index in [-0.39, 0.29) is 18.2 Å². The molecule has 0 spiro atoms. The second-order valence-corrected chi connectivity index (χ2v) is 5.76. The summed E-state index contributed by atoms with van der Waals surface area (Å²) in [4.78, 5) is 4.19. The van der Waals surface area contributed by atoms with Crippen LogP contribution in [0.5, 0.6) is 5.75 Å². The van der Waals surface area contributed by atoms with Crippen LogP contribution < -0.4 is 10.5 Å². The molecule has 0 aliphatic rings. The van der Waals surface area contributed by atoms with Crippen LogP contribution in [0.15, 0.2) is 61.3 Å². The van der Waals surface area contributed by atoms with Gasteiger partial charge in [-0.1, -0.05) is 49.1 Å². The molecule has 0 fully saturated rings. The summed E-state index contributed by atoms with van der Waals surface area (Å²) in [7, 11) is 0.